The lowest BCUT2D eigenvalue weighted by molar-refractivity contribution is 0.135. The molecule has 0 aliphatic heterocycles. The Bertz CT molecular complexity index is 485. The van der Waals surface area contributed by atoms with Crippen LogP contribution in [0.5, 0.6) is 0 Å². The van der Waals surface area contributed by atoms with E-state index >= 15 is 0 Å². The fraction of sp³-hybridized carbons (Fsp3) is 0.864. The van der Waals surface area contributed by atoms with E-state index in [2.05, 4.69) is 46.9 Å². The number of allylic oxidation sites excluding steroid dienone is 2. The van der Waals surface area contributed by atoms with Crippen LogP contribution in [0.15, 0.2) is 11.1 Å². The van der Waals surface area contributed by atoms with Crippen molar-refractivity contribution in [3.05, 3.63) is 11.1 Å². The predicted octanol–water partition coefficient (Wildman–Crippen LogP) is 5.95. The Morgan fingerprint density at radius 1 is 1.00 bits per heavy atom. The molecule has 25 heavy (non-hydrogen) atoms. The molecular weight excluding hydrogens is 310 g/mol. The predicted molar refractivity (Wildman–Crippen MR) is 104 cm³/mol. The molecule has 1 N–H and O–H groups in total. The van der Waals surface area contributed by atoms with Crippen molar-refractivity contribution < 1.29 is 9.53 Å². The number of nitrogens with one attached hydrogen (secondary N) is 1. The first-order chi connectivity index (χ1) is 11.4. The molecule has 1 saturated carbocycles. The first-order valence-electron chi connectivity index (χ1n) is 10.1. The highest BCUT2D eigenvalue weighted by Crippen LogP contribution is 2.56. The number of ether oxygens (including phenoxy) is 1. The van der Waals surface area contributed by atoms with E-state index in [1.54, 1.807) is 11.1 Å². The third-order valence-electron chi connectivity index (χ3n) is 5.95. The first-order valence-corrected chi connectivity index (χ1v) is 10.1. The molecule has 0 heterocycles. The van der Waals surface area contributed by atoms with Crippen molar-refractivity contribution in [2.75, 3.05) is 6.61 Å². The lowest BCUT2D eigenvalue weighted by Gasteiger charge is -2.35. The van der Waals surface area contributed by atoms with Crippen LogP contribution in [0.2, 0.25) is 0 Å². The lowest BCUT2D eigenvalue weighted by Crippen LogP contribution is -2.31. The normalized spacial score (nSPS) is 30.4. The summed E-state index contributed by atoms with van der Waals surface area (Å²) in [5.74, 6) is 2.05. The van der Waals surface area contributed by atoms with Gasteiger partial charge in [0.1, 0.15) is 0 Å². The van der Waals surface area contributed by atoms with Crippen molar-refractivity contribution in [3.63, 3.8) is 0 Å². The van der Waals surface area contributed by atoms with Gasteiger partial charge < -0.3 is 10.1 Å². The van der Waals surface area contributed by atoms with Crippen LogP contribution in [0.4, 0.5) is 4.79 Å². The summed E-state index contributed by atoms with van der Waals surface area (Å²) >= 11 is 0. The zero-order valence-corrected chi connectivity index (χ0v) is 17.7. The van der Waals surface area contributed by atoms with Gasteiger partial charge in [-0.2, -0.15) is 0 Å². The lowest BCUT2D eigenvalue weighted by atomic mass is 9.71. The number of carbonyl (C=O) groups is 1. The standard InChI is InChI=1S/C22H39NO2/c1-14(2)23-20(24)25-13-17-15-9-11-18(21(3,4)5)19(22(6,7)8)12-10-16(15)17/h14-17H,9-13H2,1-8H3,(H,23,24)/b19-18-. The van der Waals surface area contributed by atoms with E-state index in [4.69, 9.17) is 4.74 Å². The van der Waals surface area contributed by atoms with Crippen LogP contribution in [-0.2, 0) is 4.74 Å². The summed E-state index contributed by atoms with van der Waals surface area (Å²) in [5.41, 5.74) is 3.83. The van der Waals surface area contributed by atoms with Gasteiger partial charge in [-0.05, 0) is 68.1 Å². The summed E-state index contributed by atoms with van der Waals surface area (Å²) in [6.45, 7) is 18.7. The van der Waals surface area contributed by atoms with Crippen LogP contribution in [0.25, 0.3) is 0 Å². The smallest absolute Gasteiger partial charge is 0.407 e. The van der Waals surface area contributed by atoms with Gasteiger partial charge in [0.2, 0.25) is 0 Å². The Morgan fingerprint density at radius 3 is 1.80 bits per heavy atom. The van der Waals surface area contributed by atoms with E-state index in [1.807, 2.05) is 13.8 Å². The van der Waals surface area contributed by atoms with E-state index in [-0.39, 0.29) is 23.0 Å². The average Bonchev–Trinajstić information content (AvgIpc) is 3.03. The molecule has 2 aliphatic rings. The van der Waals surface area contributed by atoms with E-state index in [1.165, 1.54) is 25.7 Å². The number of amides is 1. The molecule has 144 valence electrons. The molecule has 1 fully saturated rings. The average molecular weight is 350 g/mol. The minimum absolute atomic E-state index is 0.133. The van der Waals surface area contributed by atoms with Crippen LogP contribution >= 0.6 is 0 Å². The van der Waals surface area contributed by atoms with E-state index in [9.17, 15) is 4.79 Å². The zero-order valence-electron chi connectivity index (χ0n) is 17.7. The maximum Gasteiger partial charge on any atom is 0.407 e. The molecule has 0 saturated heterocycles. The fourth-order valence-corrected chi connectivity index (χ4v) is 4.66. The van der Waals surface area contributed by atoms with Crippen molar-refractivity contribution >= 4 is 6.09 Å². The SMILES string of the molecule is CC(C)NC(=O)OCC1C2CC/C(C(C)(C)C)=C(/C(C)(C)C)CCC21. The van der Waals surface area contributed by atoms with Gasteiger partial charge in [-0.1, -0.05) is 52.7 Å². The molecule has 2 atom stereocenters. The van der Waals surface area contributed by atoms with Gasteiger partial charge in [0, 0.05) is 6.04 Å². The van der Waals surface area contributed by atoms with Gasteiger partial charge in [0.15, 0.2) is 0 Å². The van der Waals surface area contributed by atoms with Crippen molar-refractivity contribution in [2.45, 2.75) is 87.1 Å². The molecule has 0 aromatic rings. The second-order valence-electron chi connectivity index (χ2n) is 10.4. The Kier molecular flexibility index (Phi) is 5.95. The second-order valence-corrected chi connectivity index (χ2v) is 10.4. The van der Waals surface area contributed by atoms with Gasteiger partial charge in [-0.25, -0.2) is 4.79 Å². The van der Waals surface area contributed by atoms with Crippen molar-refractivity contribution in [1.82, 2.24) is 5.32 Å². The van der Waals surface area contributed by atoms with Gasteiger partial charge in [-0.15, -0.1) is 0 Å². The number of hydrogen-bond acceptors (Lipinski definition) is 2. The Morgan fingerprint density at radius 2 is 1.44 bits per heavy atom. The quantitative estimate of drug-likeness (QED) is 0.640. The minimum atomic E-state index is -0.266. The van der Waals surface area contributed by atoms with E-state index < -0.39 is 0 Å². The molecule has 3 heteroatoms. The summed E-state index contributed by atoms with van der Waals surface area (Å²) in [6.07, 6.45) is 4.63. The minimum Gasteiger partial charge on any atom is -0.449 e. The van der Waals surface area contributed by atoms with Crippen LogP contribution in [0.1, 0.15) is 81.1 Å². The number of alkyl carbamates (subject to hydrolysis) is 1. The summed E-state index contributed by atoms with van der Waals surface area (Å²) in [4.78, 5) is 11.8. The second kappa shape index (κ2) is 7.32. The molecule has 2 rings (SSSR count). The van der Waals surface area contributed by atoms with Crippen LogP contribution < -0.4 is 5.32 Å². The largest absolute Gasteiger partial charge is 0.449 e. The van der Waals surface area contributed by atoms with Crippen molar-refractivity contribution in [2.24, 2.45) is 28.6 Å². The Hall–Kier alpha value is -0.990. The molecule has 2 aliphatic carbocycles. The molecule has 1 amide bonds. The molecule has 0 bridgehead atoms. The van der Waals surface area contributed by atoms with E-state index in [0.717, 1.165) is 11.8 Å². The Balaban J connectivity index is 2.00. The van der Waals surface area contributed by atoms with Gasteiger partial charge in [0.25, 0.3) is 0 Å². The van der Waals surface area contributed by atoms with E-state index in [0.29, 0.717) is 12.5 Å². The number of rotatable bonds is 3. The summed E-state index contributed by atoms with van der Waals surface area (Å²) in [6, 6.07) is 0.133. The number of hydrogen-bond donors (Lipinski definition) is 1. The molecule has 0 spiro atoms. The topological polar surface area (TPSA) is 38.3 Å². The zero-order chi connectivity index (χ0) is 19.0. The van der Waals surface area contributed by atoms with Crippen molar-refractivity contribution in [3.8, 4) is 0 Å². The Labute approximate surface area is 155 Å². The first kappa shape index (κ1) is 20.3. The molecule has 0 aromatic heterocycles. The third kappa shape index (κ3) is 5.24. The summed E-state index contributed by atoms with van der Waals surface area (Å²) < 4.78 is 5.47. The highest BCUT2D eigenvalue weighted by Gasteiger charge is 2.50. The molecule has 0 radical (unpaired) electrons. The third-order valence-corrected chi connectivity index (χ3v) is 5.95. The van der Waals surface area contributed by atoms with Crippen LogP contribution in [0, 0.1) is 28.6 Å². The number of fused-ring (bicyclic) bond motifs is 1. The number of carbonyl (C=O) groups excluding carboxylic acids is 1. The molecule has 2 unspecified atom stereocenters. The van der Waals surface area contributed by atoms with Gasteiger partial charge in [-0.3, -0.25) is 0 Å². The maximum absolute atomic E-state index is 11.8. The summed E-state index contributed by atoms with van der Waals surface area (Å²) in [7, 11) is 0. The highest BCUT2D eigenvalue weighted by molar-refractivity contribution is 5.67. The van der Waals surface area contributed by atoms with Gasteiger partial charge in [0.05, 0.1) is 6.61 Å². The maximum atomic E-state index is 11.8. The molecule has 3 nitrogen and oxygen atoms in total. The van der Waals surface area contributed by atoms with Gasteiger partial charge >= 0.3 is 6.09 Å². The molecule has 0 aromatic carbocycles. The fourth-order valence-electron chi connectivity index (χ4n) is 4.66. The van der Waals surface area contributed by atoms with Crippen LogP contribution in [0.3, 0.4) is 0 Å². The monoisotopic (exact) mass is 349 g/mol. The molecular formula is C22H39NO2. The van der Waals surface area contributed by atoms with Crippen LogP contribution in [-0.4, -0.2) is 18.7 Å². The highest BCUT2D eigenvalue weighted by atomic mass is 16.5. The summed E-state index contributed by atoms with van der Waals surface area (Å²) in [5, 5.41) is 2.82. The van der Waals surface area contributed by atoms with Crippen molar-refractivity contribution in [1.29, 1.82) is 0 Å².